The third-order valence-electron chi connectivity index (χ3n) is 7.30. The minimum absolute atomic E-state index is 0.102. The van der Waals surface area contributed by atoms with Crippen LogP contribution in [0.2, 0.25) is 0 Å². The van der Waals surface area contributed by atoms with Crippen LogP contribution >= 0.6 is 0 Å². The van der Waals surface area contributed by atoms with Crippen LogP contribution < -0.4 is 20.1 Å². The molecule has 1 amide bonds. The molecule has 44 heavy (non-hydrogen) atoms. The fourth-order valence-electron chi connectivity index (χ4n) is 4.85. The first-order valence-electron chi connectivity index (χ1n) is 14.4. The van der Waals surface area contributed by atoms with Gasteiger partial charge in [0, 0.05) is 36.0 Å². The van der Waals surface area contributed by atoms with E-state index in [-0.39, 0.29) is 18.5 Å². The number of carbonyl (C=O) groups is 1. The number of benzene rings is 4. The van der Waals surface area contributed by atoms with Gasteiger partial charge in [0.2, 0.25) is 0 Å². The Bertz CT molecular complexity index is 1770. The normalized spacial score (nSPS) is 13.1. The predicted molar refractivity (Wildman–Crippen MR) is 163 cm³/mol. The van der Waals surface area contributed by atoms with Gasteiger partial charge in [-0.05, 0) is 73.4 Å². The molecule has 1 aliphatic carbocycles. The van der Waals surface area contributed by atoms with Crippen LogP contribution in [0.5, 0.6) is 17.2 Å². The molecule has 0 spiro atoms. The van der Waals surface area contributed by atoms with Crippen LogP contribution in [0.15, 0.2) is 91.3 Å². The second-order valence-electron chi connectivity index (χ2n) is 10.8. The van der Waals surface area contributed by atoms with Gasteiger partial charge in [0.25, 0.3) is 5.91 Å². The van der Waals surface area contributed by atoms with Crippen molar-refractivity contribution >= 4 is 22.6 Å². The Hall–Kier alpha value is -4.99. The average Bonchev–Trinajstić information content (AvgIpc) is 3.71. The van der Waals surface area contributed by atoms with Gasteiger partial charge in [-0.25, -0.2) is 4.98 Å². The largest absolute Gasteiger partial charge is 0.489 e. The third-order valence-corrected chi connectivity index (χ3v) is 7.30. The summed E-state index contributed by atoms with van der Waals surface area (Å²) in [6, 6.07) is 26.1. The van der Waals surface area contributed by atoms with E-state index in [1.165, 1.54) is 0 Å². The summed E-state index contributed by atoms with van der Waals surface area (Å²) in [6.45, 7) is 1.99. The maximum absolute atomic E-state index is 12.9. The van der Waals surface area contributed by atoms with E-state index in [1.807, 2.05) is 54.0 Å². The number of nitrogens with zero attached hydrogens (tertiary/aromatic N) is 2. The van der Waals surface area contributed by atoms with Crippen molar-refractivity contribution in [3.63, 3.8) is 0 Å². The molecule has 226 valence electrons. The first kappa shape index (κ1) is 29.1. The molecular weight excluding hydrogens is 569 g/mol. The number of hydrogen-bond acceptors (Lipinski definition) is 5. The first-order chi connectivity index (χ1) is 21.2. The molecule has 2 N–H and O–H groups in total. The van der Waals surface area contributed by atoms with Gasteiger partial charge in [0.05, 0.1) is 17.6 Å². The van der Waals surface area contributed by atoms with Crippen molar-refractivity contribution in [2.24, 2.45) is 0 Å². The molecule has 6 rings (SSSR count). The summed E-state index contributed by atoms with van der Waals surface area (Å²) in [5, 5.41) is 5.90. The fraction of sp³-hybridized carbons (Fsp3) is 0.235. The highest BCUT2D eigenvalue weighted by atomic mass is 19.4. The van der Waals surface area contributed by atoms with Crippen molar-refractivity contribution < 1.29 is 27.4 Å². The molecule has 0 aliphatic heterocycles. The van der Waals surface area contributed by atoms with Gasteiger partial charge in [0.15, 0.2) is 0 Å². The molecular formula is C34H31F3N4O3. The summed E-state index contributed by atoms with van der Waals surface area (Å²) in [4.78, 5) is 17.2. The van der Waals surface area contributed by atoms with Gasteiger partial charge in [-0.2, -0.15) is 13.2 Å². The number of amides is 1. The highest BCUT2D eigenvalue weighted by Gasteiger charge is 2.27. The second-order valence-corrected chi connectivity index (χ2v) is 10.8. The lowest BCUT2D eigenvalue weighted by atomic mass is 10.1. The summed E-state index contributed by atoms with van der Waals surface area (Å²) in [7, 11) is 0. The maximum Gasteiger partial charge on any atom is 0.390 e. The van der Waals surface area contributed by atoms with Crippen LogP contribution in [0, 0.1) is 6.92 Å². The smallest absolute Gasteiger partial charge is 0.390 e. The number of aryl methyl sites for hydroxylation is 1. The van der Waals surface area contributed by atoms with Crippen molar-refractivity contribution in [1.29, 1.82) is 0 Å². The van der Waals surface area contributed by atoms with E-state index in [4.69, 9.17) is 9.47 Å². The van der Waals surface area contributed by atoms with Gasteiger partial charge >= 0.3 is 6.18 Å². The van der Waals surface area contributed by atoms with Crippen LogP contribution in [0.4, 0.5) is 18.9 Å². The summed E-state index contributed by atoms with van der Waals surface area (Å²) in [5.41, 5.74) is 4.75. The zero-order chi connectivity index (χ0) is 30.7. The van der Waals surface area contributed by atoms with E-state index in [2.05, 4.69) is 15.6 Å². The number of carbonyl (C=O) groups excluding carboxylic acids is 1. The summed E-state index contributed by atoms with van der Waals surface area (Å²) >= 11 is 0. The molecule has 1 fully saturated rings. The lowest BCUT2D eigenvalue weighted by Gasteiger charge is -2.14. The van der Waals surface area contributed by atoms with Crippen LogP contribution in [-0.2, 0) is 6.61 Å². The van der Waals surface area contributed by atoms with Crippen molar-refractivity contribution in [2.75, 3.05) is 11.9 Å². The number of anilines is 1. The van der Waals surface area contributed by atoms with E-state index in [9.17, 15) is 18.0 Å². The lowest BCUT2D eigenvalue weighted by molar-refractivity contribution is -0.131. The van der Waals surface area contributed by atoms with Crippen LogP contribution in [0.1, 0.15) is 40.7 Å². The predicted octanol–water partition coefficient (Wildman–Crippen LogP) is 7.96. The zero-order valence-electron chi connectivity index (χ0n) is 24.0. The topological polar surface area (TPSA) is 77.4 Å². The summed E-state index contributed by atoms with van der Waals surface area (Å²) in [6.07, 6.45) is -1.68. The standard InChI is InChI=1S/C34H31F3N4O3/c1-22-17-25(9-14-29(22)33(42)40-24-7-8-24)41-21-39-32-30(38-16-15-34(35,36)37)18-28(19-31(32)41)44-27-12-10-26(11-13-27)43-20-23-5-3-2-4-6-23/h2-6,9-14,17-19,21,24,38H,7-8,15-16,20H2,1H3,(H,40,42). The Morgan fingerprint density at radius 1 is 0.955 bits per heavy atom. The molecule has 1 aromatic heterocycles. The fourth-order valence-corrected chi connectivity index (χ4v) is 4.85. The van der Waals surface area contributed by atoms with Crippen LogP contribution in [0.3, 0.4) is 0 Å². The Morgan fingerprint density at radius 2 is 1.70 bits per heavy atom. The minimum atomic E-state index is -4.30. The monoisotopic (exact) mass is 600 g/mol. The quantitative estimate of drug-likeness (QED) is 0.161. The molecule has 1 aliphatic rings. The van der Waals surface area contributed by atoms with Crippen LogP contribution in [-0.4, -0.2) is 34.2 Å². The summed E-state index contributed by atoms with van der Waals surface area (Å²) < 4.78 is 52.6. The second kappa shape index (κ2) is 12.3. The summed E-state index contributed by atoms with van der Waals surface area (Å²) in [5.74, 6) is 1.53. The van der Waals surface area contributed by atoms with Crippen LogP contribution in [0.25, 0.3) is 16.7 Å². The van der Waals surface area contributed by atoms with E-state index >= 15 is 0 Å². The average molecular weight is 601 g/mol. The molecule has 7 nitrogen and oxygen atoms in total. The van der Waals surface area contributed by atoms with Crippen molar-refractivity contribution in [3.05, 3.63) is 108 Å². The van der Waals surface area contributed by atoms with Gasteiger partial charge in [0.1, 0.15) is 35.7 Å². The van der Waals surface area contributed by atoms with Gasteiger partial charge in [-0.15, -0.1) is 0 Å². The van der Waals surface area contributed by atoms with Crippen molar-refractivity contribution in [1.82, 2.24) is 14.9 Å². The minimum Gasteiger partial charge on any atom is -0.489 e. The number of fused-ring (bicyclic) bond motifs is 1. The zero-order valence-corrected chi connectivity index (χ0v) is 24.0. The molecule has 5 aromatic rings. The lowest BCUT2D eigenvalue weighted by Crippen LogP contribution is -2.26. The highest BCUT2D eigenvalue weighted by Crippen LogP contribution is 2.34. The first-order valence-corrected chi connectivity index (χ1v) is 14.4. The maximum atomic E-state index is 12.9. The number of ether oxygens (including phenoxy) is 2. The van der Waals surface area contributed by atoms with E-state index in [0.717, 1.165) is 29.7 Å². The molecule has 0 saturated heterocycles. The van der Waals surface area contributed by atoms with Crippen molar-refractivity contribution in [3.8, 4) is 22.9 Å². The molecule has 4 aromatic carbocycles. The Morgan fingerprint density at radius 3 is 2.41 bits per heavy atom. The molecule has 1 heterocycles. The molecule has 0 bridgehead atoms. The number of alkyl halides is 3. The SMILES string of the molecule is Cc1cc(-n2cnc3c(NCCC(F)(F)F)cc(Oc4ccc(OCc5ccccc5)cc4)cc32)ccc1C(=O)NC1CC1. The molecule has 10 heteroatoms. The molecule has 0 radical (unpaired) electrons. The molecule has 0 atom stereocenters. The Balaban J connectivity index is 1.26. The number of aromatic nitrogens is 2. The van der Waals surface area contributed by atoms with Crippen molar-refractivity contribution in [2.45, 2.75) is 45.0 Å². The molecule has 0 unspecified atom stereocenters. The third kappa shape index (κ3) is 7.14. The van der Waals surface area contributed by atoms with Gasteiger partial charge in [-0.1, -0.05) is 30.3 Å². The van der Waals surface area contributed by atoms with Gasteiger partial charge < -0.3 is 20.1 Å². The number of imidazole rings is 1. The van der Waals surface area contributed by atoms with E-state index in [0.29, 0.717) is 46.1 Å². The Kier molecular flexibility index (Phi) is 8.15. The molecule has 1 saturated carbocycles. The number of nitrogens with one attached hydrogen (secondary N) is 2. The number of hydrogen-bond donors (Lipinski definition) is 2. The highest BCUT2D eigenvalue weighted by molar-refractivity contribution is 5.96. The number of rotatable bonds is 11. The van der Waals surface area contributed by atoms with Gasteiger partial charge in [-0.3, -0.25) is 9.36 Å². The van der Waals surface area contributed by atoms with E-state index < -0.39 is 12.6 Å². The van der Waals surface area contributed by atoms with E-state index in [1.54, 1.807) is 48.8 Å². The Labute approximate surface area is 252 Å². The number of halogens is 3.